The van der Waals surface area contributed by atoms with E-state index >= 15 is 0 Å². The maximum absolute atomic E-state index is 11.5. The summed E-state index contributed by atoms with van der Waals surface area (Å²) in [7, 11) is 0. The van der Waals surface area contributed by atoms with Crippen molar-refractivity contribution in [3.05, 3.63) is 0 Å². The third-order valence-electron chi connectivity index (χ3n) is 2.96. The molecule has 0 bridgehead atoms. The topological polar surface area (TPSA) is 38.3 Å². The minimum Gasteiger partial charge on any atom is -0.380 e. The van der Waals surface area contributed by atoms with E-state index in [0.29, 0.717) is 19.6 Å². The maximum Gasteiger partial charge on any atom is 0.220 e. The second-order valence-corrected chi connectivity index (χ2v) is 6.31. The van der Waals surface area contributed by atoms with Crippen molar-refractivity contribution in [3.63, 3.8) is 0 Å². The van der Waals surface area contributed by atoms with Crippen molar-refractivity contribution < 1.29 is 9.53 Å². The normalized spacial score (nSPS) is 11.6. The van der Waals surface area contributed by atoms with E-state index in [1.165, 1.54) is 0 Å². The van der Waals surface area contributed by atoms with E-state index in [4.69, 9.17) is 4.74 Å². The van der Waals surface area contributed by atoms with Crippen LogP contribution in [0.5, 0.6) is 0 Å². The van der Waals surface area contributed by atoms with Crippen molar-refractivity contribution in [3.8, 4) is 0 Å². The van der Waals surface area contributed by atoms with Crippen LogP contribution in [0.1, 0.15) is 68.2 Å². The van der Waals surface area contributed by atoms with Crippen molar-refractivity contribution in [1.29, 1.82) is 0 Å². The van der Waals surface area contributed by atoms with Gasteiger partial charge in [0, 0.05) is 13.0 Å². The molecule has 0 aromatic rings. The summed E-state index contributed by atoms with van der Waals surface area (Å²) in [6.45, 7) is 18.7. The van der Waals surface area contributed by atoms with Gasteiger partial charge in [-0.1, -0.05) is 48.5 Å². The third-order valence-corrected chi connectivity index (χ3v) is 2.96. The number of ether oxygens (including phenoxy) is 1. The fourth-order valence-corrected chi connectivity index (χ4v) is 1.45. The number of hydrogen-bond donors (Lipinski definition) is 1. The summed E-state index contributed by atoms with van der Waals surface area (Å²) >= 11 is 0. The van der Waals surface area contributed by atoms with Gasteiger partial charge < -0.3 is 10.1 Å². The van der Waals surface area contributed by atoms with E-state index in [-0.39, 0.29) is 16.7 Å². The molecule has 3 heteroatoms. The molecule has 0 atom stereocenters. The number of amides is 1. The van der Waals surface area contributed by atoms with Crippen LogP contribution in [0.4, 0.5) is 0 Å². The number of rotatable bonds is 8. The first-order valence-corrected chi connectivity index (χ1v) is 7.57. The van der Waals surface area contributed by atoms with Crippen molar-refractivity contribution in [1.82, 2.24) is 5.32 Å². The Kier molecular flexibility index (Phi) is 11.2. The zero-order valence-electron chi connectivity index (χ0n) is 14.4. The first-order valence-electron chi connectivity index (χ1n) is 7.57. The van der Waals surface area contributed by atoms with Gasteiger partial charge in [-0.2, -0.15) is 0 Å². The van der Waals surface area contributed by atoms with Crippen LogP contribution >= 0.6 is 0 Å². The molecule has 0 unspecified atom stereocenters. The molecule has 116 valence electrons. The highest BCUT2D eigenvalue weighted by Crippen LogP contribution is 2.24. The Balaban J connectivity index is 0. The molecule has 0 aromatic heterocycles. The van der Waals surface area contributed by atoms with Crippen LogP contribution in [-0.2, 0) is 9.53 Å². The monoisotopic (exact) mass is 273 g/mol. The second kappa shape index (κ2) is 10.2. The summed E-state index contributed by atoms with van der Waals surface area (Å²) in [5, 5.41) is 2.82. The van der Waals surface area contributed by atoms with E-state index in [1.54, 1.807) is 0 Å². The molecule has 0 aliphatic heterocycles. The summed E-state index contributed by atoms with van der Waals surface area (Å²) in [4.78, 5) is 11.5. The van der Waals surface area contributed by atoms with Gasteiger partial charge in [0.25, 0.3) is 0 Å². The summed E-state index contributed by atoms with van der Waals surface area (Å²) in [6.07, 6.45) is 1.62. The van der Waals surface area contributed by atoms with Crippen LogP contribution in [0.15, 0.2) is 0 Å². The Morgan fingerprint density at radius 2 is 1.47 bits per heavy atom. The Morgan fingerprint density at radius 3 is 1.89 bits per heavy atom. The molecule has 0 fully saturated rings. The molecule has 19 heavy (non-hydrogen) atoms. The smallest absolute Gasteiger partial charge is 0.220 e. The molecule has 0 aliphatic carbocycles. The highest BCUT2D eigenvalue weighted by molar-refractivity contribution is 5.76. The molecule has 0 spiro atoms. The fourth-order valence-electron chi connectivity index (χ4n) is 1.45. The molecule has 0 rings (SSSR count). The quantitative estimate of drug-likeness (QED) is 0.725. The van der Waals surface area contributed by atoms with Crippen molar-refractivity contribution in [2.75, 3.05) is 19.8 Å². The molecule has 0 heterocycles. The molecule has 0 radical (unpaired) electrons. The Morgan fingerprint density at radius 1 is 1.00 bits per heavy atom. The second-order valence-electron chi connectivity index (χ2n) is 6.31. The number of hydrogen-bond acceptors (Lipinski definition) is 2. The molecule has 0 saturated heterocycles. The summed E-state index contributed by atoms with van der Waals surface area (Å²) < 4.78 is 5.75. The Hall–Kier alpha value is -0.570. The van der Waals surface area contributed by atoms with Crippen LogP contribution in [0.2, 0.25) is 0 Å². The van der Waals surface area contributed by atoms with Gasteiger partial charge in [0.05, 0.1) is 13.2 Å². The molecule has 0 saturated carbocycles. The van der Waals surface area contributed by atoms with E-state index in [2.05, 4.69) is 39.9 Å². The number of nitrogens with one attached hydrogen (secondary N) is 1. The zero-order valence-corrected chi connectivity index (χ0v) is 14.4. The van der Waals surface area contributed by atoms with Gasteiger partial charge >= 0.3 is 0 Å². The van der Waals surface area contributed by atoms with Gasteiger partial charge in [-0.05, 0) is 24.2 Å². The van der Waals surface area contributed by atoms with Crippen LogP contribution in [0, 0.1) is 10.8 Å². The lowest BCUT2D eigenvalue weighted by Gasteiger charge is -2.28. The molecule has 3 nitrogen and oxygen atoms in total. The van der Waals surface area contributed by atoms with Crippen LogP contribution in [0.3, 0.4) is 0 Å². The maximum atomic E-state index is 11.5. The molecule has 0 aromatic carbocycles. The third kappa shape index (κ3) is 12.2. The standard InChI is InChI=1S/C14H29NO2.C2H6/c1-7-13(3,4)10-17-11-14(5,6)9-12(16)15-8-2;1-2/h7-11H2,1-6H3,(H,15,16);1-2H3. The molecule has 0 aliphatic rings. The van der Waals surface area contributed by atoms with E-state index in [0.717, 1.165) is 13.0 Å². The van der Waals surface area contributed by atoms with Gasteiger partial charge in [-0.25, -0.2) is 0 Å². The molecular formula is C16H35NO2. The van der Waals surface area contributed by atoms with Crippen molar-refractivity contribution in [2.24, 2.45) is 10.8 Å². The average Bonchev–Trinajstić information content (AvgIpc) is 2.30. The summed E-state index contributed by atoms with van der Waals surface area (Å²) in [5.74, 6) is 0.107. The van der Waals surface area contributed by atoms with Crippen LogP contribution in [0.25, 0.3) is 0 Å². The highest BCUT2D eigenvalue weighted by Gasteiger charge is 2.24. The Labute approximate surface area is 120 Å². The SMILES string of the molecule is CC.CCNC(=O)CC(C)(C)COCC(C)(C)CC. The predicted octanol–water partition coefficient (Wildman–Crippen LogP) is 4.02. The molecule has 1 amide bonds. The average molecular weight is 273 g/mol. The lowest BCUT2D eigenvalue weighted by atomic mass is 9.89. The lowest BCUT2D eigenvalue weighted by molar-refractivity contribution is -0.124. The highest BCUT2D eigenvalue weighted by atomic mass is 16.5. The van der Waals surface area contributed by atoms with Crippen LogP contribution < -0.4 is 5.32 Å². The number of carbonyl (C=O) groups excluding carboxylic acids is 1. The Bertz CT molecular complexity index is 235. The van der Waals surface area contributed by atoms with Gasteiger partial charge in [0.2, 0.25) is 5.91 Å². The van der Waals surface area contributed by atoms with E-state index in [9.17, 15) is 4.79 Å². The minimum absolute atomic E-state index is 0.0942. The van der Waals surface area contributed by atoms with E-state index in [1.807, 2.05) is 20.8 Å². The number of carbonyl (C=O) groups is 1. The molecular weight excluding hydrogens is 238 g/mol. The van der Waals surface area contributed by atoms with Gasteiger partial charge in [-0.15, -0.1) is 0 Å². The summed E-state index contributed by atoms with van der Waals surface area (Å²) in [6, 6.07) is 0. The van der Waals surface area contributed by atoms with Gasteiger partial charge in [-0.3, -0.25) is 4.79 Å². The molecule has 1 N–H and O–H groups in total. The largest absolute Gasteiger partial charge is 0.380 e. The van der Waals surface area contributed by atoms with E-state index < -0.39 is 0 Å². The summed E-state index contributed by atoms with van der Waals surface area (Å²) in [5.41, 5.74) is 0.130. The first-order chi connectivity index (χ1) is 8.72. The van der Waals surface area contributed by atoms with Gasteiger partial charge in [0.15, 0.2) is 0 Å². The fraction of sp³-hybridized carbons (Fsp3) is 0.938. The first kappa shape index (κ1) is 20.7. The van der Waals surface area contributed by atoms with Crippen molar-refractivity contribution >= 4 is 5.91 Å². The zero-order chi connectivity index (χ0) is 15.5. The predicted molar refractivity (Wildman–Crippen MR) is 83.3 cm³/mol. The minimum atomic E-state index is -0.0942. The van der Waals surface area contributed by atoms with Crippen LogP contribution in [-0.4, -0.2) is 25.7 Å². The van der Waals surface area contributed by atoms with Gasteiger partial charge in [0.1, 0.15) is 0 Å². The lowest BCUT2D eigenvalue weighted by Crippen LogP contribution is -2.32. The van der Waals surface area contributed by atoms with Crippen molar-refractivity contribution in [2.45, 2.75) is 68.2 Å².